The second-order valence-corrected chi connectivity index (χ2v) is 15.3. The fourth-order valence-corrected chi connectivity index (χ4v) is 9.31. The first kappa shape index (κ1) is 32.0. The molecule has 0 N–H and O–H groups in total. The van der Waals surface area contributed by atoms with E-state index in [2.05, 4.69) is 187 Å². The average molecular weight is 705 g/mol. The summed E-state index contributed by atoms with van der Waals surface area (Å²) in [5.41, 5.74) is 15.0. The Morgan fingerprint density at radius 2 is 1.29 bits per heavy atom. The van der Waals surface area contributed by atoms with Crippen LogP contribution < -0.4 is 0 Å². The lowest BCUT2D eigenvalue weighted by Crippen LogP contribution is -2.11. The minimum absolute atomic E-state index is 0.365. The average Bonchev–Trinajstić information content (AvgIpc) is 3.65. The summed E-state index contributed by atoms with van der Waals surface area (Å²) >= 11 is 0. The normalized spacial score (nSPS) is 18.5. The predicted molar refractivity (Wildman–Crippen MR) is 233 cm³/mol. The van der Waals surface area contributed by atoms with E-state index in [9.17, 15) is 0 Å². The van der Waals surface area contributed by atoms with E-state index in [0.29, 0.717) is 11.8 Å². The van der Waals surface area contributed by atoms with Gasteiger partial charge in [0, 0.05) is 23.1 Å². The van der Waals surface area contributed by atoms with Gasteiger partial charge in [-0.2, -0.15) is 0 Å². The molecule has 6 aromatic carbocycles. The lowest BCUT2D eigenvalue weighted by molar-refractivity contribution is 0.663. The summed E-state index contributed by atoms with van der Waals surface area (Å²) in [4.78, 5) is 5.16. The molecule has 1 aromatic heterocycles. The summed E-state index contributed by atoms with van der Waals surface area (Å²) in [6.45, 7) is 0. The van der Waals surface area contributed by atoms with Crippen molar-refractivity contribution in [2.45, 2.75) is 25.7 Å². The predicted octanol–water partition coefficient (Wildman–Crippen LogP) is 13.8. The van der Waals surface area contributed by atoms with E-state index < -0.39 is 0 Å². The summed E-state index contributed by atoms with van der Waals surface area (Å²) in [7, 11) is 0. The fraction of sp³-hybridized carbons (Fsp3) is 0.113. The monoisotopic (exact) mass is 704 g/mol. The van der Waals surface area contributed by atoms with Gasteiger partial charge in [0.15, 0.2) is 0 Å². The van der Waals surface area contributed by atoms with Crippen molar-refractivity contribution in [3.63, 3.8) is 0 Å². The third-order valence-corrected chi connectivity index (χ3v) is 12.0. The van der Waals surface area contributed by atoms with E-state index in [1.807, 2.05) is 0 Å². The Bertz CT molecular complexity index is 2920. The second-order valence-electron chi connectivity index (χ2n) is 15.3. The molecule has 0 fully saturated rings. The van der Waals surface area contributed by atoms with Crippen molar-refractivity contribution < 1.29 is 0 Å². The molecule has 0 saturated carbocycles. The summed E-state index contributed by atoms with van der Waals surface area (Å²) in [6, 6.07) is 40.9. The number of hydrogen-bond acceptors (Lipinski definition) is 1. The van der Waals surface area contributed by atoms with Crippen molar-refractivity contribution in [1.29, 1.82) is 0 Å². The van der Waals surface area contributed by atoms with Crippen LogP contribution in [0.5, 0.6) is 0 Å². The lowest BCUT2D eigenvalue weighted by atomic mass is 9.78. The van der Waals surface area contributed by atoms with Gasteiger partial charge in [-0.3, -0.25) is 4.57 Å². The van der Waals surface area contributed by atoms with E-state index in [1.54, 1.807) is 0 Å². The number of hydrogen-bond donors (Lipinski definition) is 0. The van der Waals surface area contributed by atoms with Crippen LogP contribution in [0.2, 0.25) is 0 Å². The van der Waals surface area contributed by atoms with E-state index >= 15 is 0 Å². The number of nitrogens with zero attached hydrogens (tertiary/aromatic N) is 2. The Hall–Kier alpha value is -6.51. The summed E-state index contributed by atoms with van der Waals surface area (Å²) in [5.74, 6) is 1.77. The van der Waals surface area contributed by atoms with Gasteiger partial charge in [-0.1, -0.05) is 158 Å². The Labute approximate surface area is 322 Å². The molecule has 2 heteroatoms. The molecule has 2 atom stereocenters. The smallest absolute Gasteiger partial charge is 0.145 e. The molecule has 0 amide bonds. The van der Waals surface area contributed by atoms with Gasteiger partial charge in [0.1, 0.15) is 5.82 Å². The van der Waals surface area contributed by atoms with Gasteiger partial charge in [0.25, 0.3) is 0 Å². The summed E-state index contributed by atoms with van der Waals surface area (Å²) < 4.78 is 2.35. The minimum atomic E-state index is 0.365. The fourth-order valence-electron chi connectivity index (χ4n) is 9.31. The minimum Gasteiger partial charge on any atom is -0.296 e. The van der Waals surface area contributed by atoms with Crippen molar-refractivity contribution >= 4 is 49.9 Å². The van der Waals surface area contributed by atoms with Crippen LogP contribution in [0.25, 0.3) is 83.6 Å². The lowest BCUT2D eigenvalue weighted by Gasteiger charge is -2.25. The largest absolute Gasteiger partial charge is 0.296 e. The van der Waals surface area contributed by atoms with Crippen LogP contribution in [-0.2, 0) is 6.42 Å². The Morgan fingerprint density at radius 1 is 0.545 bits per heavy atom. The highest BCUT2D eigenvalue weighted by Gasteiger charge is 2.24. The molecule has 0 bridgehead atoms. The van der Waals surface area contributed by atoms with Crippen LogP contribution in [0.15, 0.2) is 176 Å². The van der Waals surface area contributed by atoms with Crippen LogP contribution in [0.3, 0.4) is 0 Å². The zero-order valence-electron chi connectivity index (χ0n) is 30.7. The van der Waals surface area contributed by atoms with Gasteiger partial charge in [-0.25, -0.2) is 4.98 Å². The summed E-state index contributed by atoms with van der Waals surface area (Å²) in [6.07, 6.45) is 31.7. The van der Waals surface area contributed by atoms with Crippen molar-refractivity contribution in [3.8, 4) is 33.6 Å². The number of rotatable bonds is 5. The molecule has 11 rings (SSSR count). The zero-order chi connectivity index (χ0) is 36.3. The summed E-state index contributed by atoms with van der Waals surface area (Å²) in [5, 5.41) is 5.18. The van der Waals surface area contributed by atoms with E-state index in [0.717, 1.165) is 48.1 Å². The molecule has 0 spiro atoms. The highest BCUT2D eigenvalue weighted by molar-refractivity contribution is 6.20. The number of fused-ring (bicyclic) bond motifs is 5. The molecule has 2 unspecified atom stereocenters. The standard InChI is InChI=1S/C53H40N2/c1-2-16-44(17-3-1)55-50-21-11-10-20-49(50)54-53(55)38-26-22-37(23-27-38)41-30-31-47-48(34-41)52(43-29-25-36-13-5-7-15-40(36)33-43)46-19-9-8-18-45(46)51(47)42-28-24-35-12-4-6-14-39(35)32-42/h1-2,4-6,8-14,16,18-35,39H,3,7,15,17H2. The maximum atomic E-state index is 5.16. The Kier molecular flexibility index (Phi) is 7.62. The van der Waals surface area contributed by atoms with E-state index in [4.69, 9.17) is 4.98 Å². The van der Waals surface area contributed by atoms with E-state index in [1.165, 1.54) is 71.8 Å². The maximum Gasteiger partial charge on any atom is 0.145 e. The molecule has 7 aromatic rings. The quantitative estimate of drug-likeness (QED) is 0.163. The third-order valence-electron chi connectivity index (χ3n) is 12.0. The van der Waals surface area contributed by atoms with E-state index in [-0.39, 0.29) is 0 Å². The third kappa shape index (κ3) is 5.43. The number of benzene rings is 6. The molecule has 0 radical (unpaired) electrons. The molecule has 55 heavy (non-hydrogen) atoms. The van der Waals surface area contributed by atoms with Crippen molar-refractivity contribution in [1.82, 2.24) is 9.55 Å². The first-order chi connectivity index (χ1) is 27.3. The molecule has 262 valence electrons. The SMILES string of the molecule is C1=CCCC(n2c(-c3ccc(-c4ccc5c(C6=CC7C=CC=CC7C=C6)c6ccccc6c(-c6ccc7c(c6)CCC=C7)c5c4)cc3)nc3ccccc32)=C1. The highest BCUT2D eigenvalue weighted by Crippen LogP contribution is 2.46. The van der Waals surface area contributed by atoms with Crippen LogP contribution in [0.4, 0.5) is 0 Å². The Balaban J connectivity index is 1.09. The molecule has 2 nitrogen and oxygen atoms in total. The maximum absolute atomic E-state index is 5.16. The molecule has 0 aliphatic heterocycles. The van der Waals surface area contributed by atoms with Gasteiger partial charge in [0.2, 0.25) is 0 Å². The van der Waals surface area contributed by atoms with Crippen LogP contribution >= 0.6 is 0 Å². The number of imidazole rings is 1. The molecule has 4 aliphatic carbocycles. The van der Waals surface area contributed by atoms with Gasteiger partial charge < -0.3 is 0 Å². The second kappa shape index (κ2) is 13.1. The number of allylic oxidation sites excluding steroid dienone is 13. The first-order valence-corrected chi connectivity index (χ1v) is 19.7. The molecule has 0 saturated heterocycles. The van der Waals surface area contributed by atoms with Crippen LogP contribution in [0, 0.1) is 11.8 Å². The molecular formula is C53H40N2. The zero-order valence-corrected chi connectivity index (χ0v) is 30.7. The topological polar surface area (TPSA) is 17.8 Å². The highest BCUT2D eigenvalue weighted by atomic mass is 15.1. The number of aromatic nitrogens is 2. The van der Waals surface area contributed by atoms with Crippen molar-refractivity contribution in [3.05, 3.63) is 193 Å². The number of para-hydroxylation sites is 2. The van der Waals surface area contributed by atoms with Crippen molar-refractivity contribution in [2.24, 2.45) is 11.8 Å². The van der Waals surface area contributed by atoms with Gasteiger partial charge in [0.05, 0.1) is 11.0 Å². The van der Waals surface area contributed by atoms with Gasteiger partial charge >= 0.3 is 0 Å². The van der Waals surface area contributed by atoms with Crippen LogP contribution in [-0.4, -0.2) is 9.55 Å². The first-order valence-electron chi connectivity index (χ1n) is 19.7. The molecule has 4 aliphatic rings. The van der Waals surface area contributed by atoms with Gasteiger partial charge in [-0.05, 0) is 116 Å². The van der Waals surface area contributed by atoms with Crippen molar-refractivity contribution in [2.75, 3.05) is 0 Å². The Morgan fingerprint density at radius 3 is 2.16 bits per heavy atom. The molecule has 1 heterocycles. The van der Waals surface area contributed by atoms with Crippen LogP contribution in [0.1, 0.15) is 36.0 Å². The number of aryl methyl sites for hydroxylation is 1. The van der Waals surface area contributed by atoms with Gasteiger partial charge in [-0.15, -0.1) is 0 Å². The molecular weight excluding hydrogens is 665 g/mol.